The van der Waals surface area contributed by atoms with Crippen molar-refractivity contribution in [1.82, 2.24) is 0 Å². The lowest BCUT2D eigenvalue weighted by atomic mass is 11.4. The van der Waals surface area contributed by atoms with Gasteiger partial charge in [-0.1, -0.05) is 0 Å². The molecule has 0 saturated carbocycles. The molecule has 0 atom stereocenters. The molecule has 0 radical (unpaired) electrons. The van der Waals surface area contributed by atoms with E-state index in [1.54, 1.807) is 0 Å². The Morgan fingerprint density at radius 1 is 1.00 bits per heavy atom. The normalized spacial score (nSPS) is 29.9. The van der Waals surface area contributed by atoms with Gasteiger partial charge in [-0.2, -0.15) is 29.6 Å². The lowest BCUT2D eigenvalue weighted by molar-refractivity contribution is -0.112. The van der Waals surface area contributed by atoms with Crippen LogP contribution in [0.5, 0.6) is 0 Å². The second kappa shape index (κ2) is 2.35. The fourth-order valence-corrected chi connectivity index (χ4v) is 1.91. The molecule has 0 aromatic rings. The van der Waals surface area contributed by atoms with E-state index in [2.05, 4.69) is 12.0 Å². The average Bonchev–Trinajstić information content (AvgIpc) is 1.49. The second-order valence-electron chi connectivity index (χ2n) is 1.35. The maximum absolute atomic E-state index is 11.9. The van der Waals surface area contributed by atoms with Gasteiger partial charge in [-0.3, -0.25) is 0 Å². The predicted molar refractivity (Wildman–Crippen MR) is 26.0 cm³/mol. The number of hydrogen-bond acceptors (Lipinski definition) is 7. The minimum Gasteiger partial charge on any atom is -0.183 e. The van der Waals surface area contributed by atoms with Gasteiger partial charge >= 0.3 is 27.3 Å². The van der Waals surface area contributed by atoms with Crippen LogP contribution in [-0.2, 0) is 32.8 Å². The number of alkyl halides is 1. The molecule has 7 nitrogen and oxygen atoms in total. The maximum atomic E-state index is 11.9. The lowest BCUT2D eigenvalue weighted by Crippen LogP contribution is -2.31. The summed E-state index contributed by atoms with van der Waals surface area (Å²) in [6.45, 7) is -2.88. The van der Waals surface area contributed by atoms with Gasteiger partial charge in [0.15, 0.2) is 0 Å². The maximum Gasteiger partial charge on any atom is 0.420 e. The van der Waals surface area contributed by atoms with Crippen molar-refractivity contribution >= 4 is 20.8 Å². The van der Waals surface area contributed by atoms with Gasteiger partial charge in [0.25, 0.3) is 0 Å². The molecule has 0 amide bonds. The van der Waals surface area contributed by atoms with E-state index < -0.39 is 27.3 Å². The molecule has 1 rings (SSSR count). The third-order valence-electron chi connectivity index (χ3n) is 0.554. The Morgan fingerprint density at radius 2 is 1.36 bits per heavy atom. The Kier molecular flexibility index (Phi) is 1.88. The third-order valence-corrected chi connectivity index (χ3v) is 2.66. The molecule has 0 N–H and O–H groups in total. The van der Waals surface area contributed by atoms with Crippen LogP contribution >= 0.6 is 0 Å². The summed E-state index contributed by atoms with van der Waals surface area (Å²) in [7, 11) is -9.66. The summed E-state index contributed by atoms with van der Waals surface area (Å²) in [5.41, 5.74) is 0. The van der Waals surface area contributed by atoms with Gasteiger partial charge in [-0.05, 0) is 0 Å². The first-order chi connectivity index (χ1) is 4.81. The molecule has 1 fully saturated rings. The van der Waals surface area contributed by atoms with E-state index in [0.717, 1.165) is 0 Å². The highest BCUT2D eigenvalue weighted by Gasteiger charge is 2.38. The molecule has 1 aliphatic rings. The molecule has 0 aromatic carbocycles. The quantitative estimate of drug-likeness (QED) is 0.492. The van der Waals surface area contributed by atoms with Crippen LogP contribution < -0.4 is 0 Å². The van der Waals surface area contributed by atoms with E-state index in [0.29, 0.717) is 0 Å². The summed E-state index contributed by atoms with van der Waals surface area (Å²) in [5.74, 6) is 0. The van der Waals surface area contributed by atoms with Crippen LogP contribution in [0.25, 0.3) is 0 Å². The van der Waals surface area contributed by atoms with Crippen molar-refractivity contribution < 1.29 is 33.2 Å². The Morgan fingerprint density at radius 3 is 1.64 bits per heavy atom. The summed E-state index contributed by atoms with van der Waals surface area (Å²) in [4.78, 5) is 0. The van der Waals surface area contributed by atoms with Crippen molar-refractivity contribution in [3.63, 3.8) is 0 Å². The molecular weight excluding hydrogens is 207 g/mol. The zero-order valence-electron chi connectivity index (χ0n) is 4.63. The summed E-state index contributed by atoms with van der Waals surface area (Å²) < 4.78 is 62.2. The van der Waals surface area contributed by atoms with E-state index in [9.17, 15) is 21.2 Å². The molecule has 1 saturated heterocycles. The monoisotopic (exact) mass is 208 g/mol. The van der Waals surface area contributed by atoms with E-state index >= 15 is 0 Å². The van der Waals surface area contributed by atoms with Crippen molar-refractivity contribution in [2.75, 3.05) is 0 Å². The van der Waals surface area contributed by atoms with Crippen molar-refractivity contribution in [1.29, 1.82) is 0 Å². The molecule has 0 aromatic heterocycles. The third kappa shape index (κ3) is 2.34. The Hall–Kier alpha value is -0.290. The van der Waals surface area contributed by atoms with Crippen LogP contribution in [0.2, 0.25) is 0 Å². The molecule has 1 aliphatic heterocycles. The SMILES string of the molecule is O=S1(=O)OC(F)OS(=O)(=O)O1. The van der Waals surface area contributed by atoms with Crippen LogP contribution in [0.3, 0.4) is 0 Å². The molecular formula is CHFO7S2. The van der Waals surface area contributed by atoms with Gasteiger partial charge in [0.05, 0.1) is 0 Å². The van der Waals surface area contributed by atoms with E-state index in [1.807, 2.05) is 0 Å². The van der Waals surface area contributed by atoms with E-state index in [1.165, 1.54) is 0 Å². The summed E-state index contributed by atoms with van der Waals surface area (Å²) >= 11 is 0. The van der Waals surface area contributed by atoms with Gasteiger partial charge in [-0.25, -0.2) is 0 Å². The van der Waals surface area contributed by atoms with Crippen molar-refractivity contribution in [3.05, 3.63) is 0 Å². The van der Waals surface area contributed by atoms with Crippen LogP contribution in [0, 0.1) is 0 Å². The van der Waals surface area contributed by atoms with Crippen molar-refractivity contribution in [3.8, 4) is 0 Å². The molecule has 0 bridgehead atoms. The minimum absolute atomic E-state index is 2.88. The first kappa shape index (κ1) is 8.80. The second-order valence-corrected chi connectivity index (χ2v) is 3.91. The van der Waals surface area contributed by atoms with Crippen LogP contribution in [0.1, 0.15) is 0 Å². The molecule has 0 aliphatic carbocycles. The molecule has 1 heterocycles. The molecule has 11 heavy (non-hydrogen) atoms. The fraction of sp³-hybridized carbons (Fsp3) is 1.00. The summed E-state index contributed by atoms with van der Waals surface area (Å²) in [6, 6.07) is 0. The van der Waals surface area contributed by atoms with Gasteiger partial charge in [0, 0.05) is 0 Å². The largest absolute Gasteiger partial charge is 0.420 e. The Bertz CT molecular complexity index is 303. The highest BCUT2D eigenvalue weighted by atomic mass is 32.3. The van der Waals surface area contributed by atoms with Gasteiger partial charge in [0.2, 0.25) is 0 Å². The molecule has 0 unspecified atom stereocenters. The fourth-order valence-electron chi connectivity index (χ4n) is 0.335. The number of halogens is 1. The van der Waals surface area contributed by atoms with Gasteiger partial charge in [0.1, 0.15) is 0 Å². The Balaban J connectivity index is 3.02. The van der Waals surface area contributed by atoms with E-state index in [4.69, 9.17) is 0 Å². The number of hydrogen-bond donors (Lipinski definition) is 0. The van der Waals surface area contributed by atoms with E-state index in [-0.39, 0.29) is 0 Å². The highest BCUT2D eigenvalue weighted by molar-refractivity contribution is 7.95. The number of rotatable bonds is 0. The van der Waals surface area contributed by atoms with Crippen molar-refractivity contribution in [2.24, 2.45) is 0 Å². The van der Waals surface area contributed by atoms with Crippen LogP contribution in [-0.4, -0.2) is 23.4 Å². The van der Waals surface area contributed by atoms with Crippen LogP contribution in [0.15, 0.2) is 0 Å². The van der Waals surface area contributed by atoms with Crippen molar-refractivity contribution in [2.45, 2.75) is 6.54 Å². The highest BCUT2D eigenvalue weighted by Crippen LogP contribution is 2.18. The molecule has 0 spiro atoms. The summed E-state index contributed by atoms with van der Waals surface area (Å²) in [5, 5.41) is 0. The van der Waals surface area contributed by atoms with Gasteiger partial charge < -0.3 is 0 Å². The average molecular weight is 208 g/mol. The smallest absolute Gasteiger partial charge is 0.183 e. The van der Waals surface area contributed by atoms with Crippen LogP contribution in [0.4, 0.5) is 4.39 Å². The van der Waals surface area contributed by atoms with Gasteiger partial charge in [-0.15, -0.1) is 3.63 Å². The Labute approximate surface area is 61.3 Å². The zero-order valence-corrected chi connectivity index (χ0v) is 6.26. The lowest BCUT2D eigenvalue weighted by Gasteiger charge is -2.13. The first-order valence-corrected chi connectivity index (χ1v) is 4.69. The summed E-state index contributed by atoms with van der Waals surface area (Å²) in [6.07, 6.45) is 0. The zero-order chi connectivity index (χ0) is 8.70. The predicted octanol–water partition coefficient (Wildman–Crippen LogP) is -1.21. The molecule has 66 valence electrons. The molecule has 10 heteroatoms. The topological polar surface area (TPSA) is 96.0 Å². The minimum atomic E-state index is -4.83. The standard InChI is InChI=1S/CHFO7S2/c2-1-7-10(3,4)9-11(5,6)8-1/h1H. The first-order valence-electron chi connectivity index (χ1n) is 2.02.